The fraction of sp³-hybridized carbons (Fsp3) is 0.118. The molecular formula is C17H12O. The number of hydrogen-bond acceptors (Lipinski definition) is 1. The van der Waals surface area contributed by atoms with Gasteiger partial charge in [0.25, 0.3) is 0 Å². The van der Waals surface area contributed by atoms with Crippen LogP contribution in [0.15, 0.2) is 59.2 Å². The second-order valence-corrected chi connectivity index (χ2v) is 4.90. The van der Waals surface area contributed by atoms with Crippen LogP contribution in [0.1, 0.15) is 12.8 Å². The molecule has 0 heterocycles. The summed E-state index contributed by atoms with van der Waals surface area (Å²) in [6.07, 6.45) is 10.1. The molecule has 0 unspecified atom stereocenters. The summed E-state index contributed by atoms with van der Waals surface area (Å²) in [6, 6.07) is 8.18. The molecule has 1 aromatic carbocycles. The fourth-order valence-corrected chi connectivity index (χ4v) is 3.11. The lowest BCUT2D eigenvalue weighted by Crippen LogP contribution is -2.34. The molecule has 1 heteroatoms. The summed E-state index contributed by atoms with van der Waals surface area (Å²) in [4.78, 5) is 12.3. The van der Waals surface area contributed by atoms with E-state index in [0.717, 1.165) is 23.6 Å². The van der Waals surface area contributed by atoms with Crippen LogP contribution in [0.5, 0.6) is 0 Å². The third kappa shape index (κ3) is 1.19. The summed E-state index contributed by atoms with van der Waals surface area (Å²) >= 11 is 0. The highest BCUT2D eigenvalue weighted by Gasteiger charge is 2.26. The topological polar surface area (TPSA) is 17.1 Å². The monoisotopic (exact) mass is 232 g/mol. The second-order valence-electron chi connectivity index (χ2n) is 4.90. The first kappa shape index (κ1) is 9.84. The normalized spacial score (nSPS) is 20.1. The highest BCUT2D eigenvalue weighted by molar-refractivity contribution is 6.25. The minimum atomic E-state index is 0.174. The number of rotatable bonds is 0. The molecule has 3 aliphatic rings. The number of allylic oxidation sites excluding steroid dienone is 6. The molecule has 3 aliphatic carbocycles. The zero-order valence-electron chi connectivity index (χ0n) is 9.94. The molecule has 0 saturated carbocycles. The van der Waals surface area contributed by atoms with Gasteiger partial charge in [-0.25, -0.2) is 0 Å². The molecule has 4 rings (SSSR count). The molecular weight excluding hydrogens is 220 g/mol. The molecule has 86 valence electrons. The smallest absolute Gasteiger partial charge is 0.187 e. The van der Waals surface area contributed by atoms with Crippen molar-refractivity contribution < 1.29 is 4.79 Å². The Balaban J connectivity index is 2.14. The van der Waals surface area contributed by atoms with Crippen LogP contribution in [0.25, 0.3) is 11.6 Å². The van der Waals surface area contributed by atoms with Crippen molar-refractivity contribution in [3.8, 4) is 0 Å². The van der Waals surface area contributed by atoms with E-state index in [0.29, 0.717) is 0 Å². The summed E-state index contributed by atoms with van der Waals surface area (Å²) in [5.41, 5.74) is 4.62. The average molecular weight is 232 g/mol. The fourth-order valence-electron chi connectivity index (χ4n) is 3.11. The Morgan fingerprint density at radius 3 is 2.83 bits per heavy atom. The standard InChI is InChI=1S/C17H12O/c18-16-10-12-4-1-2-6-13(12)15-9-8-11-5-3-7-14(11)17(15)16/h1-6,8,10H,7,9H2. The first-order chi connectivity index (χ1) is 8.84. The van der Waals surface area contributed by atoms with Gasteiger partial charge in [-0.2, -0.15) is 0 Å². The zero-order chi connectivity index (χ0) is 12.1. The van der Waals surface area contributed by atoms with Crippen molar-refractivity contribution in [1.29, 1.82) is 0 Å². The number of fused-ring (bicyclic) bond motifs is 3. The molecule has 0 aliphatic heterocycles. The molecule has 0 aromatic heterocycles. The number of hydrogen-bond donors (Lipinski definition) is 0. The summed E-state index contributed by atoms with van der Waals surface area (Å²) in [6.45, 7) is 0. The van der Waals surface area contributed by atoms with Crippen LogP contribution >= 0.6 is 0 Å². The Bertz CT molecular complexity index is 785. The van der Waals surface area contributed by atoms with Gasteiger partial charge in [0, 0.05) is 5.57 Å². The van der Waals surface area contributed by atoms with Crippen LogP contribution in [0.4, 0.5) is 0 Å². The number of ketones is 1. The zero-order valence-corrected chi connectivity index (χ0v) is 9.94. The predicted molar refractivity (Wildman–Crippen MR) is 72.1 cm³/mol. The number of carbonyl (C=O) groups excluding carboxylic acids is 1. The Labute approximate surface area is 105 Å². The molecule has 0 amide bonds. The van der Waals surface area contributed by atoms with Crippen molar-refractivity contribution >= 4 is 17.4 Å². The van der Waals surface area contributed by atoms with Crippen LogP contribution in [0.2, 0.25) is 0 Å². The molecule has 1 nitrogen and oxygen atoms in total. The lowest BCUT2D eigenvalue weighted by Gasteiger charge is -2.21. The van der Waals surface area contributed by atoms with E-state index < -0.39 is 0 Å². The Morgan fingerprint density at radius 1 is 1.00 bits per heavy atom. The van der Waals surface area contributed by atoms with E-state index in [1.54, 1.807) is 6.08 Å². The van der Waals surface area contributed by atoms with Crippen LogP contribution in [0.3, 0.4) is 0 Å². The van der Waals surface area contributed by atoms with Gasteiger partial charge in [0.1, 0.15) is 0 Å². The molecule has 1 aromatic rings. The van der Waals surface area contributed by atoms with E-state index in [1.807, 2.05) is 18.2 Å². The number of Topliss-reactive ketones (excluding diaryl/α,β-unsaturated/α-hetero) is 1. The molecule has 0 fully saturated rings. The molecule has 0 saturated heterocycles. The Kier molecular flexibility index (Phi) is 1.87. The van der Waals surface area contributed by atoms with Crippen molar-refractivity contribution in [1.82, 2.24) is 0 Å². The van der Waals surface area contributed by atoms with Gasteiger partial charge in [-0.1, -0.05) is 42.5 Å². The molecule has 0 spiro atoms. The third-order valence-corrected chi connectivity index (χ3v) is 3.92. The van der Waals surface area contributed by atoms with Gasteiger partial charge in [-0.3, -0.25) is 4.79 Å². The summed E-state index contributed by atoms with van der Waals surface area (Å²) in [5, 5.41) is 2.28. The summed E-state index contributed by atoms with van der Waals surface area (Å²) in [7, 11) is 0. The van der Waals surface area contributed by atoms with Gasteiger partial charge in [0.15, 0.2) is 5.78 Å². The van der Waals surface area contributed by atoms with Gasteiger partial charge < -0.3 is 0 Å². The van der Waals surface area contributed by atoms with Gasteiger partial charge in [0.2, 0.25) is 0 Å². The van der Waals surface area contributed by atoms with Gasteiger partial charge in [-0.05, 0) is 46.1 Å². The van der Waals surface area contributed by atoms with E-state index in [4.69, 9.17) is 0 Å². The average Bonchev–Trinajstić information content (AvgIpc) is 2.86. The van der Waals surface area contributed by atoms with Crippen LogP contribution in [-0.4, -0.2) is 5.78 Å². The van der Waals surface area contributed by atoms with Crippen molar-refractivity contribution in [2.45, 2.75) is 12.8 Å². The quantitative estimate of drug-likeness (QED) is 0.666. The molecule has 0 atom stereocenters. The molecule has 18 heavy (non-hydrogen) atoms. The third-order valence-electron chi connectivity index (χ3n) is 3.92. The minimum Gasteiger partial charge on any atom is -0.289 e. The van der Waals surface area contributed by atoms with Crippen LogP contribution in [-0.2, 0) is 4.79 Å². The summed E-state index contributed by atoms with van der Waals surface area (Å²) < 4.78 is 0. The highest BCUT2D eigenvalue weighted by atomic mass is 16.1. The Morgan fingerprint density at radius 2 is 1.89 bits per heavy atom. The summed E-state index contributed by atoms with van der Waals surface area (Å²) in [5.74, 6) is 0.174. The van der Waals surface area contributed by atoms with E-state index in [-0.39, 0.29) is 5.78 Å². The SMILES string of the molecule is O=C1C=c2ccccc2=C2CC=C3C=CCC3=C12. The van der Waals surface area contributed by atoms with Crippen molar-refractivity contribution in [2.24, 2.45) is 0 Å². The molecule has 0 bridgehead atoms. The largest absolute Gasteiger partial charge is 0.289 e. The van der Waals surface area contributed by atoms with Crippen LogP contribution in [0, 0.1) is 0 Å². The van der Waals surface area contributed by atoms with E-state index in [9.17, 15) is 4.79 Å². The minimum absolute atomic E-state index is 0.174. The van der Waals surface area contributed by atoms with E-state index >= 15 is 0 Å². The molecule has 0 radical (unpaired) electrons. The lowest BCUT2D eigenvalue weighted by atomic mass is 9.82. The highest BCUT2D eigenvalue weighted by Crippen LogP contribution is 2.37. The van der Waals surface area contributed by atoms with Crippen molar-refractivity contribution in [3.63, 3.8) is 0 Å². The van der Waals surface area contributed by atoms with Gasteiger partial charge in [-0.15, -0.1) is 0 Å². The predicted octanol–water partition coefficient (Wildman–Crippen LogP) is 1.79. The van der Waals surface area contributed by atoms with Gasteiger partial charge in [0.05, 0.1) is 0 Å². The maximum Gasteiger partial charge on any atom is 0.187 e. The van der Waals surface area contributed by atoms with Crippen molar-refractivity contribution in [3.05, 3.63) is 69.7 Å². The maximum atomic E-state index is 12.3. The first-order valence-electron chi connectivity index (χ1n) is 6.29. The van der Waals surface area contributed by atoms with Crippen molar-refractivity contribution in [2.75, 3.05) is 0 Å². The molecule has 0 N–H and O–H groups in total. The first-order valence-corrected chi connectivity index (χ1v) is 6.29. The number of benzene rings is 1. The maximum absolute atomic E-state index is 12.3. The van der Waals surface area contributed by atoms with E-state index in [2.05, 4.69) is 24.3 Å². The Hall–Kier alpha value is -2.15. The second kappa shape index (κ2) is 3.42. The van der Waals surface area contributed by atoms with Crippen LogP contribution < -0.4 is 10.4 Å². The van der Waals surface area contributed by atoms with Gasteiger partial charge >= 0.3 is 0 Å². The number of carbonyl (C=O) groups is 1. The lowest BCUT2D eigenvalue weighted by molar-refractivity contribution is -0.109. The van der Waals surface area contributed by atoms with E-state index in [1.165, 1.54) is 21.9 Å².